The SMILES string of the molecule is CC1(O)CCC(NC[C@@]2(c3ccccc3)Cc3c(cc(F)c(Cl)c3-c3c(C(N)=O)cc4c(c3F)[C@H](O)CC4)O2)CC1. The van der Waals surface area contributed by atoms with Crippen LogP contribution in [0.15, 0.2) is 42.5 Å². The molecular formula is C32H33ClF2N2O4. The van der Waals surface area contributed by atoms with E-state index in [1.54, 1.807) is 0 Å². The molecule has 0 bridgehead atoms. The third-order valence-electron chi connectivity index (χ3n) is 9.02. The smallest absolute Gasteiger partial charge is 0.249 e. The first-order valence-electron chi connectivity index (χ1n) is 14.0. The van der Waals surface area contributed by atoms with Gasteiger partial charge >= 0.3 is 0 Å². The van der Waals surface area contributed by atoms with E-state index in [4.69, 9.17) is 22.1 Å². The number of fused-ring (bicyclic) bond motifs is 2. The molecule has 9 heteroatoms. The molecule has 1 aliphatic heterocycles. The van der Waals surface area contributed by atoms with Crippen LogP contribution in [0.2, 0.25) is 5.02 Å². The third kappa shape index (κ3) is 4.91. The highest BCUT2D eigenvalue weighted by atomic mass is 35.5. The van der Waals surface area contributed by atoms with Crippen LogP contribution < -0.4 is 15.8 Å². The molecule has 216 valence electrons. The van der Waals surface area contributed by atoms with E-state index in [1.807, 2.05) is 37.3 Å². The van der Waals surface area contributed by atoms with Gasteiger partial charge in [-0.2, -0.15) is 0 Å². The maximum absolute atomic E-state index is 16.3. The van der Waals surface area contributed by atoms with Gasteiger partial charge in [-0.25, -0.2) is 8.78 Å². The van der Waals surface area contributed by atoms with Gasteiger partial charge < -0.3 is 26.0 Å². The van der Waals surface area contributed by atoms with Gasteiger partial charge in [0.25, 0.3) is 0 Å². The molecule has 2 aliphatic carbocycles. The van der Waals surface area contributed by atoms with Gasteiger partial charge in [0, 0.05) is 47.3 Å². The number of aliphatic hydroxyl groups is 2. The van der Waals surface area contributed by atoms with E-state index in [9.17, 15) is 15.0 Å². The zero-order valence-corrected chi connectivity index (χ0v) is 23.5. The average molecular weight is 583 g/mol. The quantitative estimate of drug-likeness (QED) is 0.308. The van der Waals surface area contributed by atoms with Crippen molar-refractivity contribution in [2.75, 3.05) is 6.54 Å². The van der Waals surface area contributed by atoms with E-state index in [-0.39, 0.29) is 45.5 Å². The summed E-state index contributed by atoms with van der Waals surface area (Å²) >= 11 is 6.56. The fraction of sp³-hybridized carbons (Fsp3) is 0.406. The number of primary amides is 1. The summed E-state index contributed by atoms with van der Waals surface area (Å²) < 4.78 is 38.2. The number of aliphatic hydroxyl groups excluding tert-OH is 1. The van der Waals surface area contributed by atoms with Crippen molar-refractivity contribution in [1.82, 2.24) is 5.32 Å². The average Bonchev–Trinajstić information content (AvgIpc) is 3.50. The Morgan fingerprint density at radius 2 is 1.85 bits per heavy atom. The van der Waals surface area contributed by atoms with E-state index >= 15 is 8.78 Å². The number of hydrogen-bond donors (Lipinski definition) is 4. The highest BCUT2D eigenvalue weighted by Gasteiger charge is 2.45. The summed E-state index contributed by atoms with van der Waals surface area (Å²) in [6, 6.07) is 12.4. The lowest BCUT2D eigenvalue weighted by Crippen LogP contribution is -2.48. The first-order chi connectivity index (χ1) is 19.5. The Labute approximate surface area is 242 Å². The lowest BCUT2D eigenvalue weighted by Gasteiger charge is -2.36. The lowest BCUT2D eigenvalue weighted by atomic mass is 9.82. The molecule has 6 rings (SSSR count). The van der Waals surface area contributed by atoms with Gasteiger partial charge in [0.15, 0.2) is 5.60 Å². The van der Waals surface area contributed by atoms with Crippen LogP contribution in [-0.4, -0.2) is 34.3 Å². The Hall–Kier alpha value is -3.04. The molecule has 0 spiro atoms. The number of hydrogen-bond acceptors (Lipinski definition) is 5. The largest absolute Gasteiger partial charge is 0.480 e. The molecule has 0 unspecified atom stereocenters. The van der Waals surface area contributed by atoms with Crippen molar-refractivity contribution in [1.29, 1.82) is 0 Å². The zero-order valence-electron chi connectivity index (χ0n) is 22.8. The number of nitrogens with one attached hydrogen (secondary N) is 1. The molecule has 6 nitrogen and oxygen atoms in total. The van der Waals surface area contributed by atoms with Gasteiger partial charge in [0.2, 0.25) is 5.91 Å². The monoisotopic (exact) mass is 582 g/mol. The zero-order chi connectivity index (χ0) is 29.1. The van der Waals surface area contributed by atoms with E-state index in [1.165, 1.54) is 12.1 Å². The lowest BCUT2D eigenvalue weighted by molar-refractivity contribution is 0.0104. The molecule has 0 aromatic heterocycles. The van der Waals surface area contributed by atoms with Crippen molar-refractivity contribution >= 4 is 17.5 Å². The first kappa shape index (κ1) is 28.1. The van der Waals surface area contributed by atoms with Crippen LogP contribution in [0.1, 0.15) is 77.7 Å². The van der Waals surface area contributed by atoms with Crippen LogP contribution >= 0.6 is 11.6 Å². The van der Waals surface area contributed by atoms with Crippen molar-refractivity contribution in [2.45, 2.75) is 75.2 Å². The fourth-order valence-corrected chi connectivity index (χ4v) is 6.98. The molecule has 0 radical (unpaired) electrons. The topological polar surface area (TPSA) is 105 Å². The molecule has 1 amide bonds. The predicted octanol–water partition coefficient (Wildman–Crippen LogP) is 5.48. The fourth-order valence-electron chi connectivity index (χ4n) is 6.72. The highest BCUT2D eigenvalue weighted by molar-refractivity contribution is 6.34. The normalized spacial score (nSPS) is 26.9. The number of rotatable bonds is 6. The molecule has 3 aliphatic rings. The number of ether oxygens (including phenoxy) is 1. The van der Waals surface area contributed by atoms with Crippen LogP contribution in [0.3, 0.4) is 0 Å². The number of nitrogens with two attached hydrogens (primary N) is 1. The van der Waals surface area contributed by atoms with Gasteiger partial charge in [-0.3, -0.25) is 4.79 Å². The minimum atomic E-state index is -1.05. The molecule has 5 N–H and O–H groups in total. The Bertz CT molecular complexity index is 1520. The second-order valence-corrected chi connectivity index (χ2v) is 12.3. The van der Waals surface area contributed by atoms with Crippen LogP contribution in [0.5, 0.6) is 5.75 Å². The van der Waals surface area contributed by atoms with Crippen LogP contribution in [0.25, 0.3) is 11.1 Å². The molecule has 3 aromatic carbocycles. The summed E-state index contributed by atoms with van der Waals surface area (Å²) in [6.45, 7) is 2.22. The highest BCUT2D eigenvalue weighted by Crippen LogP contribution is 2.51. The number of carbonyl (C=O) groups is 1. The number of aryl methyl sites for hydroxylation is 1. The third-order valence-corrected chi connectivity index (χ3v) is 9.39. The molecule has 1 heterocycles. The summed E-state index contributed by atoms with van der Waals surface area (Å²) in [4.78, 5) is 12.6. The Morgan fingerprint density at radius 3 is 2.54 bits per heavy atom. The Morgan fingerprint density at radius 1 is 1.15 bits per heavy atom. The number of amides is 1. The minimum absolute atomic E-state index is 0.0152. The van der Waals surface area contributed by atoms with Gasteiger partial charge in [-0.1, -0.05) is 41.9 Å². The van der Waals surface area contributed by atoms with Crippen molar-refractivity contribution in [3.63, 3.8) is 0 Å². The summed E-state index contributed by atoms with van der Waals surface area (Å²) in [5.74, 6) is -2.31. The number of halogens is 3. The van der Waals surface area contributed by atoms with Crippen molar-refractivity contribution in [2.24, 2.45) is 5.73 Å². The summed E-state index contributed by atoms with van der Waals surface area (Å²) in [7, 11) is 0. The maximum Gasteiger partial charge on any atom is 0.249 e. The summed E-state index contributed by atoms with van der Waals surface area (Å²) in [6.07, 6.45) is 2.81. The van der Waals surface area contributed by atoms with Gasteiger partial charge in [0.1, 0.15) is 17.4 Å². The van der Waals surface area contributed by atoms with E-state index in [0.717, 1.165) is 18.4 Å². The Balaban J connectivity index is 1.46. The Kier molecular flexibility index (Phi) is 7.09. The maximum atomic E-state index is 16.3. The van der Waals surface area contributed by atoms with Crippen LogP contribution in [-0.2, 0) is 18.4 Å². The van der Waals surface area contributed by atoms with Crippen LogP contribution in [0.4, 0.5) is 8.78 Å². The molecule has 2 atom stereocenters. The summed E-state index contributed by atoms with van der Waals surface area (Å²) in [5, 5.41) is 24.2. The molecule has 1 fully saturated rings. The predicted molar refractivity (Wildman–Crippen MR) is 152 cm³/mol. The molecule has 3 aromatic rings. The second-order valence-electron chi connectivity index (χ2n) is 11.9. The number of carbonyl (C=O) groups excluding carboxylic acids is 1. The van der Waals surface area contributed by atoms with E-state index in [0.29, 0.717) is 43.4 Å². The summed E-state index contributed by atoms with van der Waals surface area (Å²) in [5.41, 5.74) is 5.63. The molecule has 41 heavy (non-hydrogen) atoms. The van der Waals surface area contributed by atoms with E-state index in [2.05, 4.69) is 5.32 Å². The molecule has 1 saturated carbocycles. The second kappa shape index (κ2) is 10.3. The van der Waals surface area contributed by atoms with Gasteiger partial charge in [-0.15, -0.1) is 0 Å². The standard InChI is InChI=1S/C32H33ClF2N2O4/c1-31(40)11-9-19(10-12-31)37-16-32(18-5-3-2-4-6-18)15-21-24(41-32)14-22(34)28(33)26(21)27-20(30(36)39)13-17-7-8-23(38)25(17)29(27)35/h2-6,13-14,19,23,37-38,40H,7-12,15-16H2,1H3,(H2,36,39)/t19?,23-,31?,32-/m1/s1. The minimum Gasteiger partial charge on any atom is -0.480 e. The molecule has 0 saturated heterocycles. The number of benzene rings is 3. The van der Waals surface area contributed by atoms with E-state index < -0.39 is 34.8 Å². The van der Waals surface area contributed by atoms with Gasteiger partial charge in [-0.05, 0) is 62.6 Å². The van der Waals surface area contributed by atoms with Crippen LogP contribution in [0, 0.1) is 11.6 Å². The van der Waals surface area contributed by atoms with Crippen molar-refractivity contribution in [3.05, 3.63) is 86.9 Å². The van der Waals surface area contributed by atoms with Gasteiger partial charge in [0.05, 0.1) is 22.3 Å². The van der Waals surface area contributed by atoms with Crippen molar-refractivity contribution in [3.8, 4) is 16.9 Å². The molecular weight excluding hydrogens is 550 g/mol. The first-order valence-corrected chi connectivity index (χ1v) is 14.4. The van der Waals surface area contributed by atoms with Crippen molar-refractivity contribution < 1.29 is 28.5 Å².